The summed E-state index contributed by atoms with van der Waals surface area (Å²) in [5, 5.41) is 4.18. The minimum Gasteiger partial charge on any atom is -0.336 e. The molecule has 0 unspecified atom stereocenters. The first-order valence-electron chi connectivity index (χ1n) is 9.27. The molecule has 1 amide bonds. The van der Waals surface area contributed by atoms with Crippen LogP contribution in [0.15, 0.2) is 18.2 Å². The largest absolute Gasteiger partial charge is 0.336 e. The molecule has 142 valence electrons. The van der Waals surface area contributed by atoms with Gasteiger partial charge in [0.15, 0.2) is 0 Å². The fourth-order valence-corrected chi connectivity index (χ4v) is 4.26. The lowest BCUT2D eigenvalue weighted by molar-refractivity contribution is 0.0634. The number of piperazine rings is 1. The van der Waals surface area contributed by atoms with E-state index in [4.69, 9.17) is 0 Å². The standard InChI is InChI=1S/C19H29N5OS/c1-20-14-18-21-16-13-15(5-6-17(16)26-18)19(25)24-11-9-23(10-12-24)8-4-7-22(2)3/h5-6,13,20H,4,7-12,14H2,1-3H3. The lowest BCUT2D eigenvalue weighted by Crippen LogP contribution is -2.49. The predicted molar refractivity (Wildman–Crippen MR) is 108 cm³/mol. The summed E-state index contributed by atoms with van der Waals surface area (Å²) in [5.74, 6) is 0.128. The van der Waals surface area contributed by atoms with Crippen molar-refractivity contribution in [3.63, 3.8) is 0 Å². The van der Waals surface area contributed by atoms with Crippen molar-refractivity contribution in [3.8, 4) is 0 Å². The molecule has 1 aliphatic heterocycles. The molecule has 2 aromatic rings. The van der Waals surface area contributed by atoms with E-state index in [9.17, 15) is 4.79 Å². The lowest BCUT2D eigenvalue weighted by Gasteiger charge is -2.35. The minimum absolute atomic E-state index is 0.128. The number of amides is 1. The summed E-state index contributed by atoms with van der Waals surface area (Å²) in [7, 11) is 6.14. The van der Waals surface area contributed by atoms with Crippen LogP contribution in [0, 0.1) is 0 Å². The molecule has 1 aromatic carbocycles. The number of carbonyl (C=O) groups excluding carboxylic acids is 1. The number of fused-ring (bicyclic) bond motifs is 1. The Morgan fingerprint density at radius 3 is 2.73 bits per heavy atom. The van der Waals surface area contributed by atoms with Crippen molar-refractivity contribution in [2.75, 3.05) is 60.4 Å². The second kappa shape index (κ2) is 8.90. The summed E-state index contributed by atoms with van der Waals surface area (Å²) in [4.78, 5) is 24.1. The predicted octanol–water partition coefficient (Wildman–Crippen LogP) is 1.73. The molecule has 1 aliphatic rings. The van der Waals surface area contributed by atoms with Crippen LogP contribution in [-0.2, 0) is 6.54 Å². The van der Waals surface area contributed by atoms with Gasteiger partial charge in [-0.3, -0.25) is 9.69 Å². The molecule has 7 heteroatoms. The third-order valence-corrected chi connectivity index (χ3v) is 5.78. The van der Waals surface area contributed by atoms with E-state index >= 15 is 0 Å². The summed E-state index contributed by atoms with van der Waals surface area (Å²) in [5.41, 5.74) is 1.67. The quantitative estimate of drug-likeness (QED) is 0.799. The van der Waals surface area contributed by atoms with E-state index in [1.54, 1.807) is 11.3 Å². The van der Waals surface area contributed by atoms with Gasteiger partial charge in [-0.15, -0.1) is 11.3 Å². The maximum atomic E-state index is 12.8. The first-order chi connectivity index (χ1) is 12.6. The third kappa shape index (κ3) is 4.79. The van der Waals surface area contributed by atoms with Gasteiger partial charge in [0, 0.05) is 38.3 Å². The second-order valence-electron chi connectivity index (χ2n) is 7.11. The van der Waals surface area contributed by atoms with E-state index < -0.39 is 0 Å². The molecular weight excluding hydrogens is 346 g/mol. The molecule has 1 saturated heterocycles. The van der Waals surface area contributed by atoms with E-state index in [1.165, 1.54) is 6.42 Å². The molecule has 26 heavy (non-hydrogen) atoms. The summed E-state index contributed by atoms with van der Waals surface area (Å²) < 4.78 is 1.14. The number of nitrogens with zero attached hydrogens (tertiary/aromatic N) is 4. The monoisotopic (exact) mass is 375 g/mol. The maximum absolute atomic E-state index is 12.8. The molecule has 3 rings (SSSR count). The summed E-state index contributed by atoms with van der Waals surface area (Å²) in [6.07, 6.45) is 1.18. The molecule has 0 aliphatic carbocycles. The van der Waals surface area contributed by atoms with E-state index in [0.717, 1.165) is 66.6 Å². The van der Waals surface area contributed by atoms with Gasteiger partial charge in [0.2, 0.25) is 0 Å². The zero-order valence-electron chi connectivity index (χ0n) is 16.0. The average molecular weight is 376 g/mol. The molecule has 0 radical (unpaired) electrons. The molecule has 0 atom stereocenters. The van der Waals surface area contributed by atoms with Crippen LogP contribution in [0.1, 0.15) is 21.8 Å². The molecule has 0 bridgehead atoms. The third-order valence-electron chi connectivity index (χ3n) is 4.75. The van der Waals surface area contributed by atoms with Gasteiger partial charge < -0.3 is 15.1 Å². The van der Waals surface area contributed by atoms with Gasteiger partial charge in [0.05, 0.1) is 10.2 Å². The molecule has 0 spiro atoms. The number of hydrogen-bond donors (Lipinski definition) is 1. The second-order valence-corrected chi connectivity index (χ2v) is 8.23. The Morgan fingerprint density at radius 2 is 2.04 bits per heavy atom. The fourth-order valence-electron chi connectivity index (χ4n) is 3.30. The molecule has 1 N–H and O–H groups in total. The summed E-state index contributed by atoms with van der Waals surface area (Å²) >= 11 is 1.68. The van der Waals surface area contributed by atoms with Crippen molar-refractivity contribution < 1.29 is 4.79 Å². The Labute approximate surface area is 159 Å². The minimum atomic E-state index is 0.128. The van der Waals surface area contributed by atoms with E-state index in [-0.39, 0.29) is 5.91 Å². The lowest BCUT2D eigenvalue weighted by atomic mass is 10.1. The Morgan fingerprint density at radius 1 is 1.27 bits per heavy atom. The van der Waals surface area contributed by atoms with E-state index in [1.807, 2.05) is 30.1 Å². The van der Waals surface area contributed by atoms with Crippen LogP contribution < -0.4 is 5.32 Å². The molecule has 1 aromatic heterocycles. The van der Waals surface area contributed by atoms with Crippen molar-refractivity contribution in [3.05, 3.63) is 28.8 Å². The van der Waals surface area contributed by atoms with Gasteiger partial charge in [-0.05, 0) is 58.9 Å². The van der Waals surface area contributed by atoms with Gasteiger partial charge in [-0.1, -0.05) is 0 Å². The number of thiazole rings is 1. The topological polar surface area (TPSA) is 51.7 Å². The van der Waals surface area contributed by atoms with Gasteiger partial charge >= 0.3 is 0 Å². The SMILES string of the molecule is CNCc1nc2cc(C(=O)N3CCN(CCCN(C)C)CC3)ccc2s1. The average Bonchev–Trinajstić information content (AvgIpc) is 3.03. The molecule has 1 fully saturated rings. The first-order valence-corrected chi connectivity index (χ1v) is 10.1. The maximum Gasteiger partial charge on any atom is 0.254 e. The molecule has 0 saturated carbocycles. The zero-order valence-corrected chi connectivity index (χ0v) is 16.8. The van der Waals surface area contributed by atoms with Gasteiger partial charge in [0.1, 0.15) is 5.01 Å². The van der Waals surface area contributed by atoms with Crippen LogP contribution in [0.25, 0.3) is 10.2 Å². The van der Waals surface area contributed by atoms with Gasteiger partial charge in [-0.25, -0.2) is 4.98 Å². The highest BCUT2D eigenvalue weighted by atomic mass is 32.1. The molecule has 6 nitrogen and oxygen atoms in total. The Kier molecular flexibility index (Phi) is 6.58. The van der Waals surface area contributed by atoms with Crippen molar-refractivity contribution in [2.45, 2.75) is 13.0 Å². The normalized spacial score (nSPS) is 15.9. The van der Waals surface area contributed by atoms with Crippen LogP contribution in [0.5, 0.6) is 0 Å². The molecule has 2 heterocycles. The first kappa shape index (κ1) is 19.2. The van der Waals surface area contributed by atoms with Crippen LogP contribution >= 0.6 is 11.3 Å². The van der Waals surface area contributed by atoms with Gasteiger partial charge in [-0.2, -0.15) is 0 Å². The van der Waals surface area contributed by atoms with Crippen molar-refractivity contribution in [1.29, 1.82) is 0 Å². The van der Waals surface area contributed by atoms with Crippen LogP contribution in [0.3, 0.4) is 0 Å². The Bertz CT molecular complexity index is 737. The number of nitrogens with one attached hydrogen (secondary N) is 1. The highest BCUT2D eigenvalue weighted by Crippen LogP contribution is 2.24. The number of benzene rings is 1. The number of hydrogen-bond acceptors (Lipinski definition) is 6. The Balaban J connectivity index is 1.57. The summed E-state index contributed by atoms with van der Waals surface area (Å²) in [6, 6.07) is 5.91. The van der Waals surface area contributed by atoms with Crippen molar-refractivity contribution in [2.24, 2.45) is 0 Å². The van der Waals surface area contributed by atoms with Crippen molar-refractivity contribution >= 4 is 27.5 Å². The van der Waals surface area contributed by atoms with Crippen molar-refractivity contribution in [1.82, 2.24) is 25.0 Å². The fraction of sp³-hybridized carbons (Fsp3) is 0.579. The Hall–Kier alpha value is -1.54. The van der Waals surface area contributed by atoms with Crippen LogP contribution in [0.2, 0.25) is 0 Å². The number of aromatic nitrogens is 1. The van der Waals surface area contributed by atoms with Crippen LogP contribution in [0.4, 0.5) is 0 Å². The number of carbonyl (C=O) groups is 1. The highest BCUT2D eigenvalue weighted by Gasteiger charge is 2.22. The zero-order chi connectivity index (χ0) is 18.5. The van der Waals surface area contributed by atoms with Crippen LogP contribution in [-0.4, -0.2) is 86.0 Å². The van der Waals surface area contributed by atoms with Gasteiger partial charge in [0.25, 0.3) is 5.91 Å². The molecular formula is C19H29N5OS. The smallest absolute Gasteiger partial charge is 0.254 e. The highest BCUT2D eigenvalue weighted by molar-refractivity contribution is 7.18. The van der Waals surface area contributed by atoms with E-state index in [2.05, 4.69) is 34.2 Å². The van der Waals surface area contributed by atoms with E-state index in [0.29, 0.717) is 0 Å². The summed E-state index contributed by atoms with van der Waals surface area (Å²) in [6.45, 7) is 6.52. The number of rotatable bonds is 7.